The van der Waals surface area contributed by atoms with Crippen molar-refractivity contribution in [2.75, 3.05) is 0 Å². The maximum absolute atomic E-state index is 13.0. The fourth-order valence-electron chi connectivity index (χ4n) is 2.09. The number of fused-ring (bicyclic) bond motifs is 2. The minimum atomic E-state index is -3.20. The fraction of sp³-hybridized carbons (Fsp3) is 0.176. The smallest absolute Gasteiger partial charge is 0.307 e. The van der Waals surface area contributed by atoms with Crippen LogP contribution in [0.15, 0.2) is 39.5 Å². The van der Waals surface area contributed by atoms with Gasteiger partial charge in [-0.15, -0.1) is 0 Å². The zero-order chi connectivity index (χ0) is 22.0. The van der Waals surface area contributed by atoms with Crippen LogP contribution in [-0.4, -0.2) is 11.1 Å². The molecule has 1 N–H and O–H groups in total. The van der Waals surface area contributed by atoms with Gasteiger partial charge < -0.3 is 9.52 Å². The van der Waals surface area contributed by atoms with E-state index < -0.39 is 59.3 Å². The number of carboxylic acids is 1. The molecule has 0 radical (unpaired) electrons. The number of rotatable bonds is 2. The average molecular weight is 290 g/mol. The predicted octanol–water partition coefficient (Wildman–Crippen LogP) is 3.19. The maximum atomic E-state index is 13.0. The Hall–Kier alpha value is -2.62. The summed E-state index contributed by atoms with van der Waals surface area (Å²) in [5.74, 6) is -1.97. The average Bonchev–Trinajstić information content (AvgIpc) is 2.59. The molecule has 0 spiro atoms. The van der Waals surface area contributed by atoms with E-state index in [0.29, 0.717) is 0 Å². The highest BCUT2D eigenvalue weighted by atomic mass is 16.4. The molecule has 0 fully saturated rings. The molecule has 4 nitrogen and oxygen atoms in total. The van der Waals surface area contributed by atoms with Crippen LogP contribution in [-0.2, 0) is 11.2 Å². The Morgan fingerprint density at radius 2 is 2.19 bits per heavy atom. The second-order valence-electron chi connectivity index (χ2n) is 4.43. The van der Waals surface area contributed by atoms with E-state index in [-0.39, 0.29) is 22.1 Å². The van der Waals surface area contributed by atoms with Crippen LogP contribution >= 0.6 is 0 Å². The third-order valence-electron chi connectivity index (χ3n) is 3.14. The van der Waals surface area contributed by atoms with Crippen LogP contribution in [0.2, 0.25) is 0 Å². The fourth-order valence-corrected chi connectivity index (χ4v) is 2.09. The second kappa shape index (κ2) is 4.74. The van der Waals surface area contributed by atoms with Crippen molar-refractivity contribution < 1.29 is 25.3 Å². The van der Waals surface area contributed by atoms with Gasteiger partial charge in [-0.05, 0) is 37.0 Å². The molecule has 0 saturated carbocycles. The standard InChI is InChI=1S/C17H14O4/c1-9-6-7-13-15(20)12-5-3-4-11(8-14(18)19)17(12)21-16(13)10(9)2/h3-7H,8H2,1-2H3,(H,18,19)/i1D3,3D,4D,5D,8D2. The Labute approximate surface area is 131 Å². The van der Waals surface area contributed by atoms with Crippen molar-refractivity contribution in [3.05, 3.63) is 57.2 Å². The maximum Gasteiger partial charge on any atom is 0.307 e. The zero-order valence-corrected chi connectivity index (χ0v) is 10.8. The van der Waals surface area contributed by atoms with Crippen LogP contribution in [0.25, 0.3) is 21.9 Å². The Kier molecular flexibility index (Phi) is 1.55. The normalized spacial score (nSPS) is 18.0. The van der Waals surface area contributed by atoms with Gasteiger partial charge in [-0.2, -0.15) is 0 Å². The number of benzene rings is 2. The molecule has 3 aromatic rings. The Balaban J connectivity index is 2.67. The van der Waals surface area contributed by atoms with Gasteiger partial charge in [0.2, 0.25) is 5.43 Å². The molecule has 0 aliphatic carbocycles. The molecule has 1 aromatic heterocycles. The van der Waals surface area contributed by atoms with E-state index in [1.165, 1.54) is 19.1 Å². The number of carboxylic acid groups (broad SMARTS) is 1. The topological polar surface area (TPSA) is 67.5 Å². The van der Waals surface area contributed by atoms with Crippen molar-refractivity contribution in [3.8, 4) is 0 Å². The summed E-state index contributed by atoms with van der Waals surface area (Å²) >= 11 is 0. The summed E-state index contributed by atoms with van der Waals surface area (Å²) in [7, 11) is 0. The number of aryl methyl sites for hydroxylation is 2. The molecule has 2 aromatic carbocycles. The van der Waals surface area contributed by atoms with Crippen molar-refractivity contribution >= 4 is 27.9 Å². The van der Waals surface area contributed by atoms with Crippen molar-refractivity contribution in [1.82, 2.24) is 0 Å². The lowest BCUT2D eigenvalue weighted by Crippen LogP contribution is -2.06. The summed E-state index contributed by atoms with van der Waals surface area (Å²) in [6, 6.07) is -0.0155. The van der Waals surface area contributed by atoms with E-state index in [1.807, 2.05) is 0 Å². The van der Waals surface area contributed by atoms with E-state index in [1.54, 1.807) is 0 Å². The molecular formula is C17H14O4. The van der Waals surface area contributed by atoms with Crippen molar-refractivity contribution in [3.63, 3.8) is 0 Å². The molecule has 0 amide bonds. The lowest BCUT2D eigenvalue weighted by Gasteiger charge is -2.08. The van der Waals surface area contributed by atoms with Crippen LogP contribution in [0.5, 0.6) is 0 Å². The highest BCUT2D eigenvalue weighted by molar-refractivity contribution is 5.93. The van der Waals surface area contributed by atoms with Gasteiger partial charge >= 0.3 is 5.97 Å². The molecule has 3 rings (SSSR count). The van der Waals surface area contributed by atoms with Gasteiger partial charge in [0.05, 0.1) is 21.3 Å². The molecule has 0 bridgehead atoms. The van der Waals surface area contributed by atoms with Crippen molar-refractivity contribution in [2.24, 2.45) is 0 Å². The first kappa shape index (κ1) is 6.89. The van der Waals surface area contributed by atoms with Gasteiger partial charge in [-0.1, -0.05) is 18.2 Å². The summed E-state index contributed by atoms with van der Waals surface area (Å²) in [6.45, 7) is -1.15. The van der Waals surface area contributed by atoms with Crippen molar-refractivity contribution in [1.29, 1.82) is 0 Å². The van der Waals surface area contributed by atoms with Gasteiger partial charge in [0.1, 0.15) is 11.2 Å². The lowest BCUT2D eigenvalue weighted by atomic mass is 10.0. The Morgan fingerprint density at radius 3 is 2.90 bits per heavy atom. The minimum absolute atomic E-state index is 0.0661. The van der Waals surface area contributed by atoms with E-state index >= 15 is 0 Å². The van der Waals surface area contributed by atoms with Crippen LogP contribution in [0.1, 0.15) is 27.7 Å². The molecule has 0 aliphatic rings. The highest BCUT2D eigenvalue weighted by Crippen LogP contribution is 2.25. The van der Waals surface area contributed by atoms with E-state index in [2.05, 4.69) is 0 Å². The predicted molar refractivity (Wildman–Crippen MR) is 80.8 cm³/mol. The molecule has 0 unspecified atom stereocenters. The second-order valence-corrected chi connectivity index (χ2v) is 4.43. The lowest BCUT2D eigenvalue weighted by molar-refractivity contribution is -0.136. The van der Waals surface area contributed by atoms with Crippen LogP contribution in [0.3, 0.4) is 0 Å². The first-order valence-corrected chi connectivity index (χ1v) is 5.95. The number of para-hydroxylation sites is 1. The number of carbonyl (C=O) groups is 1. The summed E-state index contributed by atoms with van der Waals surface area (Å²) in [5.41, 5.74) is -2.65. The van der Waals surface area contributed by atoms with Crippen LogP contribution < -0.4 is 5.43 Å². The largest absolute Gasteiger partial charge is 0.481 e. The first-order chi connectivity index (χ1) is 13.2. The number of hydrogen-bond acceptors (Lipinski definition) is 3. The molecule has 0 atom stereocenters. The Bertz CT molecular complexity index is 1260. The monoisotopic (exact) mass is 290 g/mol. The molecular weight excluding hydrogens is 268 g/mol. The highest BCUT2D eigenvalue weighted by Gasteiger charge is 2.14. The van der Waals surface area contributed by atoms with Gasteiger partial charge in [0.25, 0.3) is 0 Å². The molecule has 4 heteroatoms. The minimum Gasteiger partial charge on any atom is -0.481 e. The van der Waals surface area contributed by atoms with E-state index in [4.69, 9.17) is 15.4 Å². The number of aliphatic carboxylic acids is 1. The summed E-state index contributed by atoms with van der Waals surface area (Å²) in [4.78, 5) is 24.5. The Morgan fingerprint density at radius 1 is 1.38 bits per heavy atom. The SMILES string of the molecule is [2H]c1c([2H])c([2H])c2c(=O)c3ccc(C([2H])([2H])[2H])c(C)c3oc2c1C([2H])([2H])C(=O)O. The first-order valence-electron chi connectivity index (χ1n) is 9.95. The molecule has 0 aliphatic heterocycles. The van der Waals surface area contributed by atoms with Gasteiger partial charge in [0, 0.05) is 12.4 Å². The summed E-state index contributed by atoms with van der Waals surface area (Å²) in [5, 5.41) is 8.62. The molecule has 106 valence electrons. The summed E-state index contributed by atoms with van der Waals surface area (Å²) < 4.78 is 67.9. The van der Waals surface area contributed by atoms with Crippen molar-refractivity contribution in [2.45, 2.75) is 20.1 Å². The van der Waals surface area contributed by atoms with E-state index in [9.17, 15) is 14.7 Å². The van der Waals surface area contributed by atoms with E-state index in [0.717, 1.165) is 0 Å². The number of hydrogen-bond donors (Lipinski definition) is 1. The third-order valence-corrected chi connectivity index (χ3v) is 3.14. The third kappa shape index (κ3) is 2.09. The molecule has 0 saturated heterocycles. The van der Waals surface area contributed by atoms with Crippen LogP contribution in [0.4, 0.5) is 0 Å². The van der Waals surface area contributed by atoms with Gasteiger partial charge in [-0.3, -0.25) is 9.59 Å². The quantitative estimate of drug-likeness (QED) is 0.736. The van der Waals surface area contributed by atoms with Gasteiger partial charge in [0.15, 0.2) is 0 Å². The van der Waals surface area contributed by atoms with Crippen LogP contribution in [0, 0.1) is 13.8 Å². The molecule has 21 heavy (non-hydrogen) atoms. The zero-order valence-electron chi connectivity index (χ0n) is 18.8. The summed E-state index contributed by atoms with van der Waals surface area (Å²) in [6.07, 6.45) is -3.20. The molecule has 1 heterocycles. The van der Waals surface area contributed by atoms with Gasteiger partial charge in [-0.25, -0.2) is 0 Å².